The molecular weight excluding hydrogens is 316 g/mol. The summed E-state index contributed by atoms with van der Waals surface area (Å²) in [7, 11) is 0. The Morgan fingerprint density at radius 2 is 1.85 bits per heavy atom. The molecule has 1 fully saturated rings. The monoisotopic (exact) mass is 340 g/mol. The molecule has 1 saturated carbocycles. The number of hydrogen-bond acceptors (Lipinski definition) is 2. The third kappa shape index (κ3) is 3.76. The molecule has 1 aromatic rings. The third-order valence-electron chi connectivity index (χ3n) is 3.70. The zero-order chi connectivity index (χ0) is 14.8. The lowest BCUT2D eigenvalue weighted by atomic mass is 9.87. The molecule has 3 unspecified atom stereocenters. The predicted octanol–water partition coefficient (Wildman–Crippen LogP) is 4.69. The molecule has 0 saturated heterocycles. The minimum atomic E-state index is 0.173. The van der Waals surface area contributed by atoms with Gasteiger partial charge in [-0.1, -0.05) is 55.8 Å². The fourth-order valence-electron chi connectivity index (χ4n) is 2.32. The van der Waals surface area contributed by atoms with Gasteiger partial charge in [0.25, 0.3) is 0 Å². The largest absolute Gasteiger partial charge is 0.488 e. The van der Waals surface area contributed by atoms with Crippen molar-refractivity contribution in [2.24, 2.45) is 0 Å². The average Bonchev–Trinajstić information content (AvgIpc) is 2.38. The second-order valence-corrected chi connectivity index (χ2v) is 7.69. The molecule has 20 heavy (non-hydrogen) atoms. The molecular formula is C17H25BrO2. The van der Waals surface area contributed by atoms with Crippen LogP contribution in [-0.4, -0.2) is 23.6 Å². The maximum atomic E-state index is 6.04. The van der Waals surface area contributed by atoms with Gasteiger partial charge in [-0.2, -0.15) is 0 Å². The molecule has 0 spiro atoms. The van der Waals surface area contributed by atoms with Crippen LogP contribution < -0.4 is 4.74 Å². The highest BCUT2D eigenvalue weighted by Crippen LogP contribution is 2.34. The highest BCUT2D eigenvalue weighted by molar-refractivity contribution is 9.09. The van der Waals surface area contributed by atoms with Crippen molar-refractivity contribution >= 4 is 15.9 Å². The maximum Gasteiger partial charge on any atom is 0.127 e. The average molecular weight is 341 g/mol. The van der Waals surface area contributed by atoms with E-state index >= 15 is 0 Å². The number of ether oxygens (including phenoxy) is 2. The third-order valence-corrected chi connectivity index (χ3v) is 4.60. The van der Waals surface area contributed by atoms with Crippen LogP contribution in [0.5, 0.6) is 5.75 Å². The van der Waals surface area contributed by atoms with Crippen LogP contribution in [0.15, 0.2) is 24.3 Å². The van der Waals surface area contributed by atoms with Crippen molar-refractivity contribution in [2.75, 3.05) is 6.61 Å². The maximum absolute atomic E-state index is 6.04. The normalized spacial score (nSPS) is 26.1. The van der Waals surface area contributed by atoms with Crippen molar-refractivity contribution in [1.82, 2.24) is 0 Å². The smallest absolute Gasteiger partial charge is 0.127 e. The van der Waals surface area contributed by atoms with Gasteiger partial charge in [-0.25, -0.2) is 0 Å². The molecule has 3 heteroatoms. The first-order valence-electron chi connectivity index (χ1n) is 7.44. The summed E-state index contributed by atoms with van der Waals surface area (Å²) in [5.41, 5.74) is 1.51. The molecule has 0 N–H and O–H groups in total. The standard InChI is InChI=1S/C17H25BrO2/c1-5-10-19-16-14(18)11-15(16)20-13-8-6-12(7-9-13)17(2,3)4/h6-9,14-16H,5,10-11H2,1-4H3. The topological polar surface area (TPSA) is 18.5 Å². The van der Waals surface area contributed by atoms with Gasteiger partial charge in [0.2, 0.25) is 0 Å². The van der Waals surface area contributed by atoms with E-state index in [1.807, 2.05) is 0 Å². The molecule has 0 amide bonds. The fourth-order valence-corrected chi connectivity index (χ4v) is 3.18. The van der Waals surface area contributed by atoms with Crippen LogP contribution in [0.25, 0.3) is 0 Å². The van der Waals surface area contributed by atoms with Crippen LogP contribution in [0.1, 0.15) is 46.1 Å². The van der Waals surface area contributed by atoms with Gasteiger partial charge in [0, 0.05) is 17.9 Å². The first kappa shape index (κ1) is 15.8. The number of halogens is 1. The second kappa shape index (κ2) is 6.48. The fraction of sp³-hybridized carbons (Fsp3) is 0.647. The van der Waals surface area contributed by atoms with Gasteiger partial charge in [-0.3, -0.25) is 0 Å². The lowest BCUT2D eigenvalue weighted by molar-refractivity contribution is -0.0762. The summed E-state index contributed by atoms with van der Waals surface area (Å²) in [6.45, 7) is 9.59. The van der Waals surface area contributed by atoms with Crippen LogP contribution in [0, 0.1) is 0 Å². The Hall–Kier alpha value is -0.540. The number of rotatable bonds is 5. The van der Waals surface area contributed by atoms with Crippen molar-refractivity contribution in [3.8, 4) is 5.75 Å². The summed E-state index contributed by atoms with van der Waals surface area (Å²) in [6.07, 6.45) is 2.40. The molecule has 0 bridgehead atoms. The lowest BCUT2D eigenvalue weighted by Gasteiger charge is -2.41. The van der Waals surface area contributed by atoms with Crippen molar-refractivity contribution in [2.45, 2.75) is 63.0 Å². The van der Waals surface area contributed by atoms with E-state index in [4.69, 9.17) is 9.47 Å². The summed E-state index contributed by atoms with van der Waals surface area (Å²) in [5.74, 6) is 0.937. The van der Waals surface area contributed by atoms with E-state index in [1.165, 1.54) is 5.56 Å². The van der Waals surface area contributed by atoms with Gasteiger partial charge in [-0.05, 0) is 29.5 Å². The zero-order valence-electron chi connectivity index (χ0n) is 12.9. The highest BCUT2D eigenvalue weighted by atomic mass is 79.9. The van der Waals surface area contributed by atoms with Crippen LogP contribution in [0.3, 0.4) is 0 Å². The second-order valence-electron chi connectivity index (χ2n) is 6.52. The van der Waals surface area contributed by atoms with E-state index < -0.39 is 0 Å². The van der Waals surface area contributed by atoms with Gasteiger partial charge >= 0.3 is 0 Å². The van der Waals surface area contributed by atoms with Gasteiger partial charge < -0.3 is 9.47 Å². The lowest BCUT2D eigenvalue weighted by Crippen LogP contribution is -2.52. The van der Waals surface area contributed by atoms with E-state index in [9.17, 15) is 0 Å². The van der Waals surface area contributed by atoms with Crippen molar-refractivity contribution in [3.63, 3.8) is 0 Å². The van der Waals surface area contributed by atoms with Crippen LogP contribution >= 0.6 is 15.9 Å². The molecule has 2 rings (SSSR count). The molecule has 0 heterocycles. The number of benzene rings is 1. The molecule has 1 aromatic carbocycles. The highest BCUT2D eigenvalue weighted by Gasteiger charge is 2.42. The van der Waals surface area contributed by atoms with E-state index in [0.29, 0.717) is 4.83 Å². The molecule has 112 valence electrons. The van der Waals surface area contributed by atoms with Crippen molar-refractivity contribution < 1.29 is 9.47 Å². The summed E-state index contributed by atoms with van der Waals surface area (Å²) in [6, 6.07) is 8.45. The molecule has 1 aliphatic carbocycles. The minimum Gasteiger partial charge on any atom is -0.488 e. The van der Waals surface area contributed by atoms with E-state index in [1.54, 1.807) is 0 Å². The zero-order valence-corrected chi connectivity index (χ0v) is 14.4. The first-order valence-corrected chi connectivity index (χ1v) is 8.36. The molecule has 0 aromatic heterocycles. The molecule has 1 aliphatic rings. The van der Waals surface area contributed by atoms with Gasteiger partial charge in [0.15, 0.2) is 0 Å². The number of hydrogen-bond donors (Lipinski definition) is 0. The first-order chi connectivity index (χ1) is 9.41. The summed E-state index contributed by atoms with van der Waals surface area (Å²) >= 11 is 3.64. The van der Waals surface area contributed by atoms with E-state index in [-0.39, 0.29) is 17.6 Å². The summed E-state index contributed by atoms with van der Waals surface area (Å²) in [4.78, 5) is 0.424. The van der Waals surface area contributed by atoms with E-state index in [0.717, 1.165) is 25.2 Å². The Morgan fingerprint density at radius 1 is 1.20 bits per heavy atom. The van der Waals surface area contributed by atoms with Crippen molar-refractivity contribution in [1.29, 1.82) is 0 Å². The Labute approximate surface area is 131 Å². The Morgan fingerprint density at radius 3 is 2.35 bits per heavy atom. The Balaban J connectivity index is 1.93. The van der Waals surface area contributed by atoms with Crippen LogP contribution in [0.2, 0.25) is 0 Å². The SMILES string of the molecule is CCCOC1C(Br)CC1Oc1ccc(C(C)(C)C)cc1. The quantitative estimate of drug-likeness (QED) is 0.723. The van der Waals surface area contributed by atoms with Gasteiger partial charge in [0.1, 0.15) is 18.0 Å². The van der Waals surface area contributed by atoms with Gasteiger partial charge in [-0.15, -0.1) is 0 Å². The van der Waals surface area contributed by atoms with Gasteiger partial charge in [0.05, 0.1) is 0 Å². The minimum absolute atomic E-state index is 0.173. The van der Waals surface area contributed by atoms with Crippen molar-refractivity contribution in [3.05, 3.63) is 29.8 Å². The summed E-state index contributed by atoms with van der Waals surface area (Å²) < 4.78 is 11.9. The van der Waals surface area contributed by atoms with Crippen LogP contribution in [0.4, 0.5) is 0 Å². The molecule has 0 radical (unpaired) electrons. The summed E-state index contributed by atoms with van der Waals surface area (Å²) in [5, 5.41) is 0. The number of alkyl halides is 1. The van der Waals surface area contributed by atoms with Crippen LogP contribution in [-0.2, 0) is 10.2 Å². The molecule has 3 atom stereocenters. The molecule has 0 aliphatic heterocycles. The Bertz CT molecular complexity index is 422. The predicted molar refractivity (Wildman–Crippen MR) is 86.9 cm³/mol. The van der Waals surface area contributed by atoms with E-state index in [2.05, 4.69) is 67.9 Å². The molecule has 2 nitrogen and oxygen atoms in total. The Kier molecular flexibility index (Phi) is 5.14.